The molecular formula is C17H22Cl2N2O3S. The van der Waals surface area contributed by atoms with Gasteiger partial charge in [0.1, 0.15) is 4.90 Å². The zero-order valence-corrected chi connectivity index (χ0v) is 16.3. The van der Waals surface area contributed by atoms with E-state index in [1.807, 2.05) is 4.90 Å². The minimum atomic E-state index is -3.71. The van der Waals surface area contributed by atoms with Gasteiger partial charge in [-0.3, -0.25) is 4.79 Å². The van der Waals surface area contributed by atoms with Crippen molar-refractivity contribution in [1.29, 1.82) is 0 Å². The van der Waals surface area contributed by atoms with Gasteiger partial charge < -0.3 is 4.90 Å². The van der Waals surface area contributed by atoms with E-state index in [1.54, 1.807) is 6.07 Å². The lowest BCUT2D eigenvalue weighted by Gasteiger charge is -2.36. The Bertz CT molecular complexity index is 740. The number of sulfonamides is 1. The van der Waals surface area contributed by atoms with Crippen molar-refractivity contribution in [2.24, 2.45) is 5.92 Å². The van der Waals surface area contributed by atoms with E-state index in [0.29, 0.717) is 18.1 Å². The van der Waals surface area contributed by atoms with Crippen molar-refractivity contribution in [3.63, 3.8) is 0 Å². The molecule has 138 valence electrons. The van der Waals surface area contributed by atoms with E-state index in [1.165, 1.54) is 22.9 Å². The predicted octanol–water partition coefficient (Wildman–Crippen LogP) is 3.41. The van der Waals surface area contributed by atoms with E-state index in [4.69, 9.17) is 23.2 Å². The monoisotopic (exact) mass is 404 g/mol. The summed E-state index contributed by atoms with van der Waals surface area (Å²) >= 11 is 12.0. The van der Waals surface area contributed by atoms with Crippen LogP contribution in [0.1, 0.15) is 32.1 Å². The van der Waals surface area contributed by atoms with E-state index >= 15 is 0 Å². The quantitative estimate of drug-likeness (QED) is 0.775. The molecule has 1 aliphatic heterocycles. The largest absolute Gasteiger partial charge is 0.340 e. The molecule has 0 spiro atoms. The third-order valence-corrected chi connectivity index (χ3v) is 7.63. The molecule has 0 radical (unpaired) electrons. The normalized spacial score (nSPS) is 20.6. The Labute approximate surface area is 158 Å². The fraction of sp³-hybridized carbons (Fsp3) is 0.588. The first-order valence-electron chi connectivity index (χ1n) is 8.63. The van der Waals surface area contributed by atoms with Crippen molar-refractivity contribution in [2.75, 3.05) is 26.2 Å². The summed E-state index contributed by atoms with van der Waals surface area (Å²) in [4.78, 5) is 14.4. The highest BCUT2D eigenvalue weighted by atomic mass is 35.5. The Kier molecular flexibility index (Phi) is 5.93. The van der Waals surface area contributed by atoms with Crippen LogP contribution in [0.5, 0.6) is 0 Å². The third kappa shape index (κ3) is 4.13. The first-order chi connectivity index (χ1) is 11.9. The minimum absolute atomic E-state index is 0.0220. The van der Waals surface area contributed by atoms with Gasteiger partial charge in [-0.15, -0.1) is 0 Å². The van der Waals surface area contributed by atoms with Crippen LogP contribution in [0.4, 0.5) is 0 Å². The second-order valence-corrected chi connectivity index (χ2v) is 9.39. The summed E-state index contributed by atoms with van der Waals surface area (Å²) in [6.45, 7) is 1.41. The van der Waals surface area contributed by atoms with Crippen molar-refractivity contribution in [3.8, 4) is 0 Å². The molecule has 5 nitrogen and oxygen atoms in total. The van der Waals surface area contributed by atoms with E-state index in [-0.39, 0.29) is 34.8 Å². The van der Waals surface area contributed by atoms with Crippen LogP contribution in [0.15, 0.2) is 23.1 Å². The molecule has 1 aromatic carbocycles. The van der Waals surface area contributed by atoms with Gasteiger partial charge in [-0.05, 0) is 31.0 Å². The minimum Gasteiger partial charge on any atom is -0.340 e. The Morgan fingerprint density at radius 1 is 1.00 bits per heavy atom. The Hall–Kier alpha value is -0.820. The van der Waals surface area contributed by atoms with Gasteiger partial charge in [-0.2, -0.15) is 4.31 Å². The van der Waals surface area contributed by atoms with Gasteiger partial charge in [-0.25, -0.2) is 8.42 Å². The van der Waals surface area contributed by atoms with Crippen LogP contribution >= 0.6 is 23.2 Å². The molecule has 0 bridgehead atoms. The lowest BCUT2D eigenvalue weighted by Crippen LogP contribution is -2.52. The average molecular weight is 405 g/mol. The summed E-state index contributed by atoms with van der Waals surface area (Å²) in [6.07, 6.45) is 5.33. The van der Waals surface area contributed by atoms with Crippen LogP contribution in [0.2, 0.25) is 10.0 Å². The molecule has 2 fully saturated rings. The molecule has 25 heavy (non-hydrogen) atoms. The number of carbonyl (C=O) groups excluding carboxylic acids is 1. The Balaban J connectivity index is 1.67. The zero-order valence-electron chi connectivity index (χ0n) is 14.0. The van der Waals surface area contributed by atoms with Crippen molar-refractivity contribution in [2.45, 2.75) is 37.0 Å². The number of benzene rings is 1. The number of halogens is 2. The Morgan fingerprint density at radius 3 is 2.28 bits per heavy atom. The van der Waals surface area contributed by atoms with Crippen molar-refractivity contribution in [3.05, 3.63) is 28.2 Å². The first kappa shape index (κ1) is 19.0. The first-order valence-corrected chi connectivity index (χ1v) is 10.8. The molecule has 2 aliphatic rings. The summed E-state index contributed by atoms with van der Waals surface area (Å²) in [7, 11) is -3.71. The van der Waals surface area contributed by atoms with Crippen LogP contribution in [0.3, 0.4) is 0 Å². The second-order valence-electron chi connectivity index (χ2n) is 6.64. The number of carbonyl (C=O) groups is 1. The summed E-state index contributed by atoms with van der Waals surface area (Å²) in [6, 6.07) is 4.42. The van der Waals surface area contributed by atoms with Gasteiger partial charge in [0, 0.05) is 37.1 Å². The van der Waals surface area contributed by atoms with Crippen molar-refractivity contribution < 1.29 is 13.2 Å². The Morgan fingerprint density at radius 2 is 1.64 bits per heavy atom. The SMILES string of the molecule is O=C(C1CCCCC1)N1CCN(S(=O)(=O)c2cc(Cl)ccc2Cl)CC1. The second kappa shape index (κ2) is 7.82. The highest BCUT2D eigenvalue weighted by Crippen LogP contribution is 2.29. The van der Waals surface area contributed by atoms with Gasteiger partial charge in [0.05, 0.1) is 5.02 Å². The fourth-order valence-electron chi connectivity index (χ4n) is 3.57. The molecule has 1 aromatic rings. The molecule has 0 aromatic heterocycles. The molecule has 1 saturated carbocycles. The number of hydrogen-bond acceptors (Lipinski definition) is 3. The van der Waals surface area contributed by atoms with Gasteiger partial charge >= 0.3 is 0 Å². The van der Waals surface area contributed by atoms with E-state index < -0.39 is 10.0 Å². The molecule has 0 atom stereocenters. The summed E-state index contributed by atoms with van der Waals surface area (Å²) in [5, 5.41) is 0.485. The topological polar surface area (TPSA) is 57.7 Å². The molecule has 3 rings (SSSR count). The van der Waals surface area contributed by atoms with E-state index in [0.717, 1.165) is 25.7 Å². The van der Waals surface area contributed by atoms with Crippen LogP contribution in [-0.4, -0.2) is 49.7 Å². The van der Waals surface area contributed by atoms with Crippen LogP contribution in [0.25, 0.3) is 0 Å². The van der Waals surface area contributed by atoms with Gasteiger partial charge in [0.25, 0.3) is 0 Å². The molecule has 1 heterocycles. The number of hydrogen-bond donors (Lipinski definition) is 0. The predicted molar refractivity (Wildman–Crippen MR) is 98.4 cm³/mol. The van der Waals surface area contributed by atoms with E-state index in [9.17, 15) is 13.2 Å². The van der Waals surface area contributed by atoms with Crippen LogP contribution in [-0.2, 0) is 14.8 Å². The fourth-order valence-corrected chi connectivity index (χ4v) is 5.73. The maximum Gasteiger partial charge on any atom is 0.244 e. The molecular weight excluding hydrogens is 383 g/mol. The van der Waals surface area contributed by atoms with Crippen LogP contribution < -0.4 is 0 Å². The number of nitrogens with zero attached hydrogens (tertiary/aromatic N) is 2. The molecule has 1 saturated heterocycles. The molecule has 1 aliphatic carbocycles. The highest BCUT2D eigenvalue weighted by molar-refractivity contribution is 7.89. The summed E-state index contributed by atoms with van der Waals surface area (Å²) in [5.41, 5.74) is 0. The van der Waals surface area contributed by atoms with Crippen LogP contribution in [0, 0.1) is 5.92 Å². The van der Waals surface area contributed by atoms with Crippen molar-refractivity contribution in [1.82, 2.24) is 9.21 Å². The van der Waals surface area contributed by atoms with Gasteiger partial charge in [-0.1, -0.05) is 42.5 Å². The van der Waals surface area contributed by atoms with Crippen molar-refractivity contribution >= 4 is 39.1 Å². The highest BCUT2D eigenvalue weighted by Gasteiger charge is 2.33. The smallest absolute Gasteiger partial charge is 0.244 e. The number of piperazine rings is 1. The van der Waals surface area contributed by atoms with Gasteiger partial charge in [0.2, 0.25) is 15.9 Å². The number of rotatable bonds is 3. The van der Waals surface area contributed by atoms with E-state index in [2.05, 4.69) is 0 Å². The third-order valence-electron chi connectivity index (χ3n) is 5.02. The molecule has 0 N–H and O–H groups in total. The summed E-state index contributed by atoms with van der Waals surface area (Å²) in [5.74, 6) is 0.289. The number of amides is 1. The maximum absolute atomic E-state index is 12.8. The zero-order chi connectivity index (χ0) is 18.0. The lowest BCUT2D eigenvalue weighted by molar-refractivity contribution is -0.137. The molecule has 1 amide bonds. The molecule has 0 unspecified atom stereocenters. The molecule has 8 heteroatoms. The lowest BCUT2D eigenvalue weighted by atomic mass is 9.88. The average Bonchev–Trinajstić information content (AvgIpc) is 2.64. The van der Waals surface area contributed by atoms with Gasteiger partial charge in [0.15, 0.2) is 0 Å². The summed E-state index contributed by atoms with van der Waals surface area (Å²) < 4.78 is 27.0. The maximum atomic E-state index is 12.8. The standard InChI is InChI=1S/C17H22Cl2N2O3S/c18-14-6-7-15(19)16(12-14)25(23,24)21-10-8-20(9-11-21)17(22)13-4-2-1-3-5-13/h6-7,12-13H,1-5,8-11H2.